The second kappa shape index (κ2) is 6.47. The molecule has 0 amide bonds. The molecule has 0 aromatic heterocycles. The average Bonchev–Trinajstić information content (AvgIpc) is 2.38. The van der Waals surface area contributed by atoms with Gasteiger partial charge in [0, 0.05) is 25.2 Å². The Morgan fingerprint density at radius 3 is 2.70 bits per heavy atom. The van der Waals surface area contributed by atoms with Crippen molar-refractivity contribution in [3.8, 4) is 6.07 Å². The van der Waals surface area contributed by atoms with Crippen molar-refractivity contribution in [2.75, 3.05) is 18.0 Å². The van der Waals surface area contributed by atoms with E-state index in [2.05, 4.69) is 0 Å². The zero-order chi connectivity index (χ0) is 15.3. The number of aromatic carboxylic acids is 1. The van der Waals surface area contributed by atoms with Crippen LogP contribution in [0.25, 0.3) is 0 Å². The highest BCUT2D eigenvalue weighted by Gasteiger charge is 2.24. The molecule has 0 bridgehead atoms. The lowest BCUT2D eigenvalue weighted by molar-refractivity contribution is -0.384. The van der Waals surface area contributed by atoms with Gasteiger partial charge in [-0.1, -0.05) is 0 Å². The summed E-state index contributed by atoms with van der Waals surface area (Å²) in [5.41, 5.74) is -1.28. The van der Waals surface area contributed by atoms with Crippen molar-refractivity contribution < 1.29 is 19.2 Å². The summed E-state index contributed by atoms with van der Waals surface area (Å²) >= 11 is 0. The summed E-state index contributed by atoms with van der Waals surface area (Å²) in [5, 5.41) is 28.3. The van der Waals surface area contributed by atoms with Gasteiger partial charge < -0.3 is 10.0 Å². The van der Waals surface area contributed by atoms with Crippen LogP contribution in [0, 0.1) is 27.3 Å². The lowest BCUT2D eigenvalue weighted by Gasteiger charge is -2.21. The third-order valence-electron chi connectivity index (χ3n) is 2.71. The first-order valence-corrected chi connectivity index (χ1v) is 5.75. The molecule has 0 spiro atoms. The lowest BCUT2D eigenvalue weighted by Crippen LogP contribution is -2.25. The van der Waals surface area contributed by atoms with Gasteiger partial charge in [-0.05, 0) is 6.92 Å². The summed E-state index contributed by atoms with van der Waals surface area (Å²) in [5.74, 6) is -2.62. The van der Waals surface area contributed by atoms with Gasteiger partial charge in [0.1, 0.15) is 17.1 Å². The first-order chi connectivity index (χ1) is 9.42. The van der Waals surface area contributed by atoms with Crippen molar-refractivity contribution in [2.24, 2.45) is 0 Å². The van der Waals surface area contributed by atoms with Crippen LogP contribution in [-0.2, 0) is 0 Å². The van der Waals surface area contributed by atoms with Crippen molar-refractivity contribution in [3.05, 3.63) is 33.6 Å². The van der Waals surface area contributed by atoms with Gasteiger partial charge in [0.2, 0.25) is 0 Å². The molecule has 20 heavy (non-hydrogen) atoms. The summed E-state index contributed by atoms with van der Waals surface area (Å²) in [4.78, 5) is 22.5. The van der Waals surface area contributed by atoms with E-state index in [1.165, 1.54) is 4.90 Å². The van der Waals surface area contributed by atoms with Gasteiger partial charge >= 0.3 is 5.97 Å². The van der Waals surface area contributed by atoms with Crippen molar-refractivity contribution in [3.63, 3.8) is 0 Å². The molecule has 1 rings (SSSR count). The van der Waals surface area contributed by atoms with E-state index in [0.29, 0.717) is 12.6 Å². The summed E-state index contributed by atoms with van der Waals surface area (Å²) in [6, 6.07) is 3.41. The Balaban J connectivity index is 3.37. The minimum atomic E-state index is -1.57. The zero-order valence-electron chi connectivity index (χ0n) is 10.7. The van der Waals surface area contributed by atoms with E-state index >= 15 is 0 Å². The fraction of sp³-hybridized carbons (Fsp3) is 0.333. The zero-order valence-corrected chi connectivity index (χ0v) is 10.7. The minimum Gasteiger partial charge on any atom is -0.478 e. The molecule has 1 aromatic carbocycles. The van der Waals surface area contributed by atoms with Crippen LogP contribution in [0.2, 0.25) is 0 Å². The topological polar surface area (TPSA) is 107 Å². The van der Waals surface area contributed by atoms with Crippen LogP contribution in [0.15, 0.2) is 12.1 Å². The quantitative estimate of drug-likeness (QED) is 0.632. The largest absolute Gasteiger partial charge is 0.478 e. The number of benzene rings is 1. The number of nitrogens with zero attached hydrogens (tertiary/aromatic N) is 3. The maximum Gasteiger partial charge on any atom is 0.338 e. The van der Waals surface area contributed by atoms with Gasteiger partial charge in [-0.3, -0.25) is 10.1 Å². The van der Waals surface area contributed by atoms with Gasteiger partial charge in [-0.15, -0.1) is 0 Å². The highest BCUT2D eigenvalue weighted by atomic mass is 19.1. The second-order valence-electron chi connectivity index (χ2n) is 3.87. The van der Waals surface area contributed by atoms with Crippen LogP contribution in [-0.4, -0.2) is 29.1 Å². The third-order valence-corrected chi connectivity index (χ3v) is 2.71. The Kier molecular flexibility index (Phi) is 4.97. The lowest BCUT2D eigenvalue weighted by atomic mass is 10.1. The number of carboxylic acids is 1. The molecule has 0 atom stereocenters. The number of carboxylic acid groups (broad SMARTS) is 1. The van der Waals surface area contributed by atoms with Gasteiger partial charge in [0.05, 0.1) is 17.4 Å². The van der Waals surface area contributed by atoms with Crippen molar-refractivity contribution in [1.82, 2.24) is 0 Å². The standard InChI is InChI=1S/C12H12FN3O4/c1-2-15(5-3-4-14)10-7-9(13)8(12(17)18)6-11(10)16(19)20/h6-7H,2-3,5H2,1H3,(H,17,18). The number of hydrogen-bond acceptors (Lipinski definition) is 5. The molecule has 106 valence electrons. The first kappa shape index (κ1) is 15.4. The molecule has 7 nitrogen and oxygen atoms in total. The Morgan fingerprint density at radius 1 is 1.60 bits per heavy atom. The Labute approximate surface area is 114 Å². The molecule has 0 saturated heterocycles. The third kappa shape index (κ3) is 3.20. The molecule has 0 heterocycles. The molecular weight excluding hydrogens is 269 g/mol. The van der Waals surface area contributed by atoms with Gasteiger partial charge in [0.25, 0.3) is 5.69 Å². The average molecular weight is 281 g/mol. The molecule has 0 saturated carbocycles. The summed E-state index contributed by atoms with van der Waals surface area (Å²) < 4.78 is 13.7. The van der Waals surface area contributed by atoms with E-state index in [-0.39, 0.29) is 18.7 Å². The van der Waals surface area contributed by atoms with E-state index in [1.807, 2.05) is 6.07 Å². The van der Waals surface area contributed by atoms with Crippen LogP contribution in [0.3, 0.4) is 0 Å². The van der Waals surface area contributed by atoms with Gasteiger partial charge in [-0.2, -0.15) is 5.26 Å². The van der Waals surface area contributed by atoms with Gasteiger partial charge in [-0.25, -0.2) is 9.18 Å². The Hall–Kier alpha value is -2.69. The van der Waals surface area contributed by atoms with Crippen molar-refractivity contribution in [1.29, 1.82) is 5.26 Å². The number of nitriles is 1. The summed E-state index contributed by atoms with van der Waals surface area (Å²) in [6.07, 6.45) is 0.118. The molecule has 8 heteroatoms. The Morgan fingerprint density at radius 2 is 2.25 bits per heavy atom. The highest BCUT2D eigenvalue weighted by molar-refractivity contribution is 5.90. The van der Waals surface area contributed by atoms with E-state index in [4.69, 9.17) is 10.4 Å². The summed E-state index contributed by atoms with van der Waals surface area (Å²) in [7, 11) is 0. The molecule has 0 unspecified atom stereocenters. The number of rotatable bonds is 6. The van der Waals surface area contributed by atoms with Crippen molar-refractivity contribution >= 4 is 17.3 Å². The van der Waals surface area contributed by atoms with Crippen LogP contribution < -0.4 is 4.90 Å². The number of hydrogen-bond donors (Lipinski definition) is 1. The molecule has 0 radical (unpaired) electrons. The smallest absolute Gasteiger partial charge is 0.338 e. The monoisotopic (exact) mass is 281 g/mol. The number of carbonyl (C=O) groups is 1. The maximum absolute atomic E-state index is 13.7. The molecular formula is C12H12FN3O4. The number of anilines is 1. The van der Waals surface area contributed by atoms with Gasteiger partial charge in [0.15, 0.2) is 0 Å². The van der Waals surface area contributed by atoms with Crippen LogP contribution in [0.1, 0.15) is 23.7 Å². The molecule has 0 aliphatic rings. The first-order valence-electron chi connectivity index (χ1n) is 5.75. The van der Waals surface area contributed by atoms with Crippen LogP contribution >= 0.6 is 0 Å². The van der Waals surface area contributed by atoms with Crippen molar-refractivity contribution in [2.45, 2.75) is 13.3 Å². The fourth-order valence-electron chi connectivity index (χ4n) is 1.75. The fourth-order valence-corrected chi connectivity index (χ4v) is 1.75. The number of halogens is 1. The van der Waals surface area contributed by atoms with E-state index in [9.17, 15) is 19.3 Å². The molecule has 0 fully saturated rings. The Bertz CT molecular complexity index is 583. The number of nitro groups is 1. The molecule has 0 aliphatic carbocycles. The number of nitro benzene ring substituents is 1. The van der Waals surface area contributed by atoms with Crippen LogP contribution in [0.5, 0.6) is 0 Å². The second-order valence-corrected chi connectivity index (χ2v) is 3.87. The summed E-state index contributed by atoms with van der Waals surface area (Å²) in [6.45, 7) is 2.22. The maximum atomic E-state index is 13.7. The molecule has 1 aromatic rings. The highest BCUT2D eigenvalue weighted by Crippen LogP contribution is 2.31. The van der Waals surface area contributed by atoms with E-state index < -0.39 is 28.0 Å². The van der Waals surface area contributed by atoms with Crippen LogP contribution in [0.4, 0.5) is 15.8 Å². The SMILES string of the molecule is CCN(CCC#N)c1cc(F)c(C(=O)O)cc1[N+](=O)[O-]. The molecule has 1 N–H and O–H groups in total. The predicted octanol–water partition coefficient (Wildman–Crippen LogP) is 2.17. The van der Waals surface area contributed by atoms with E-state index in [1.54, 1.807) is 6.92 Å². The van der Waals surface area contributed by atoms with E-state index in [0.717, 1.165) is 6.07 Å². The minimum absolute atomic E-state index is 0.0322. The normalized spacial score (nSPS) is 9.85. The predicted molar refractivity (Wildman–Crippen MR) is 68.1 cm³/mol. The molecule has 0 aliphatic heterocycles.